The van der Waals surface area contributed by atoms with Crippen molar-refractivity contribution in [3.63, 3.8) is 0 Å². The number of hydrogen-bond acceptors (Lipinski definition) is 2. The second-order valence-corrected chi connectivity index (χ2v) is 6.31. The number of carbonyl (C=O) groups excluding carboxylic acids is 1. The number of alkyl halides is 4. The summed E-state index contributed by atoms with van der Waals surface area (Å²) < 4.78 is 38.6. The molecular weight excluding hydrogens is 407 g/mol. The van der Waals surface area contributed by atoms with Gasteiger partial charge in [0.05, 0.1) is 0 Å². The highest BCUT2D eigenvalue weighted by atomic mass is 79.9. The lowest BCUT2D eigenvalue weighted by atomic mass is 10.0. The summed E-state index contributed by atoms with van der Waals surface area (Å²) in [6.07, 6.45) is -4.38. The molecule has 0 saturated heterocycles. The zero-order valence-electron chi connectivity index (χ0n) is 12.5. The molecular formula is C17H14BrClF3NO. The van der Waals surface area contributed by atoms with Crippen LogP contribution in [0.25, 0.3) is 0 Å². The third-order valence-corrected chi connectivity index (χ3v) is 3.89. The van der Waals surface area contributed by atoms with Crippen LogP contribution in [0.5, 0.6) is 0 Å². The lowest BCUT2D eigenvalue weighted by molar-refractivity contribution is -0.119. The monoisotopic (exact) mass is 419 g/mol. The molecule has 128 valence electrons. The van der Waals surface area contributed by atoms with E-state index < -0.39 is 12.7 Å². The quantitative estimate of drug-likeness (QED) is 0.465. The molecule has 7 heteroatoms. The number of ketones is 1. The van der Waals surface area contributed by atoms with Gasteiger partial charge in [0.15, 0.2) is 5.78 Å². The molecule has 0 saturated carbocycles. The first-order valence-electron chi connectivity index (χ1n) is 7.09. The third-order valence-electron chi connectivity index (χ3n) is 3.30. The number of carbonyl (C=O) groups is 1. The molecule has 0 bridgehead atoms. The predicted octanol–water partition coefficient (Wildman–Crippen LogP) is 5.33. The Morgan fingerprint density at radius 2 is 1.79 bits per heavy atom. The first-order valence-corrected chi connectivity index (χ1v) is 8.59. The van der Waals surface area contributed by atoms with E-state index in [1.54, 1.807) is 30.3 Å². The van der Waals surface area contributed by atoms with Crippen LogP contribution < -0.4 is 4.90 Å². The highest BCUT2D eigenvalue weighted by Gasteiger charge is 2.32. The van der Waals surface area contributed by atoms with Crippen molar-refractivity contribution in [1.82, 2.24) is 0 Å². The normalized spacial score (nSPS) is 11.4. The maximum atomic E-state index is 12.9. The predicted molar refractivity (Wildman–Crippen MR) is 93.4 cm³/mol. The SMILES string of the molecule is O=C(c1ccccc1)c1cc(Cl)ccc1N(CCBr)CC(F)(F)F. The second kappa shape index (κ2) is 8.03. The number of anilines is 1. The standard InChI is InChI=1S/C17H14BrClF3NO/c18-8-9-23(11-17(20,21)22)15-7-6-13(19)10-14(15)16(24)12-4-2-1-3-5-12/h1-7,10H,8-9,11H2. The molecule has 2 rings (SSSR count). The smallest absolute Gasteiger partial charge is 0.361 e. The molecule has 2 aromatic carbocycles. The zero-order valence-corrected chi connectivity index (χ0v) is 14.8. The summed E-state index contributed by atoms with van der Waals surface area (Å²) in [6.45, 7) is -1.04. The first kappa shape index (κ1) is 18.8. The van der Waals surface area contributed by atoms with Crippen LogP contribution in [0.4, 0.5) is 18.9 Å². The van der Waals surface area contributed by atoms with Gasteiger partial charge >= 0.3 is 6.18 Å². The van der Waals surface area contributed by atoms with Crippen LogP contribution in [0.2, 0.25) is 5.02 Å². The van der Waals surface area contributed by atoms with Crippen LogP contribution in [-0.4, -0.2) is 30.4 Å². The van der Waals surface area contributed by atoms with Gasteiger partial charge in [-0.1, -0.05) is 57.9 Å². The molecule has 2 nitrogen and oxygen atoms in total. The van der Waals surface area contributed by atoms with Gasteiger partial charge in [0, 0.05) is 33.7 Å². The molecule has 0 aromatic heterocycles. The fraction of sp³-hybridized carbons (Fsp3) is 0.235. The summed E-state index contributed by atoms with van der Waals surface area (Å²) >= 11 is 9.12. The van der Waals surface area contributed by atoms with E-state index in [4.69, 9.17) is 11.6 Å². The average molecular weight is 421 g/mol. The van der Waals surface area contributed by atoms with Crippen molar-refractivity contribution in [2.45, 2.75) is 6.18 Å². The average Bonchev–Trinajstić information content (AvgIpc) is 2.53. The number of halogens is 5. The zero-order chi connectivity index (χ0) is 17.7. The largest absolute Gasteiger partial charge is 0.405 e. The highest BCUT2D eigenvalue weighted by Crippen LogP contribution is 2.29. The molecule has 0 atom stereocenters. The van der Waals surface area contributed by atoms with Crippen molar-refractivity contribution >= 4 is 39.0 Å². The summed E-state index contributed by atoms with van der Waals surface area (Å²) in [6, 6.07) is 12.7. The third kappa shape index (κ3) is 4.98. The minimum Gasteiger partial charge on any atom is -0.361 e. The van der Waals surface area contributed by atoms with E-state index in [0.717, 1.165) is 4.90 Å². The molecule has 2 aromatic rings. The molecule has 0 fully saturated rings. The van der Waals surface area contributed by atoms with Crippen molar-refractivity contribution in [1.29, 1.82) is 0 Å². The first-order chi connectivity index (χ1) is 11.3. The fourth-order valence-corrected chi connectivity index (χ4v) is 2.91. The summed E-state index contributed by atoms with van der Waals surface area (Å²) in [5, 5.41) is 0.633. The molecule has 0 unspecified atom stereocenters. The molecule has 0 radical (unpaired) electrons. The van der Waals surface area contributed by atoms with Crippen molar-refractivity contribution < 1.29 is 18.0 Å². The van der Waals surface area contributed by atoms with E-state index in [9.17, 15) is 18.0 Å². The summed E-state index contributed by atoms with van der Waals surface area (Å²) in [5.74, 6) is -0.366. The molecule has 24 heavy (non-hydrogen) atoms. The van der Waals surface area contributed by atoms with Gasteiger partial charge in [-0.25, -0.2) is 0 Å². The Balaban J connectivity index is 2.48. The summed E-state index contributed by atoms with van der Waals surface area (Å²) in [5.41, 5.74) is 0.760. The Labute approximate surface area is 151 Å². The Hall–Kier alpha value is -1.53. The highest BCUT2D eigenvalue weighted by molar-refractivity contribution is 9.09. The van der Waals surface area contributed by atoms with Gasteiger partial charge < -0.3 is 4.90 Å². The van der Waals surface area contributed by atoms with Crippen molar-refractivity contribution in [3.8, 4) is 0 Å². The Morgan fingerprint density at radius 3 is 2.38 bits per heavy atom. The summed E-state index contributed by atoms with van der Waals surface area (Å²) in [4.78, 5) is 13.8. The molecule has 0 aliphatic heterocycles. The molecule has 0 aliphatic carbocycles. The minimum absolute atomic E-state index is 0.107. The van der Waals surface area contributed by atoms with E-state index in [0.29, 0.717) is 15.9 Å². The van der Waals surface area contributed by atoms with Crippen LogP contribution >= 0.6 is 27.5 Å². The van der Waals surface area contributed by atoms with Crippen LogP contribution in [0, 0.1) is 0 Å². The van der Waals surface area contributed by atoms with Crippen molar-refractivity contribution in [2.75, 3.05) is 23.3 Å². The number of rotatable bonds is 6. The fourth-order valence-electron chi connectivity index (χ4n) is 2.31. The van der Waals surface area contributed by atoms with Crippen LogP contribution in [0.15, 0.2) is 48.5 Å². The van der Waals surface area contributed by atoms with Gasteiger partial charge in [-0.05, 0) is 18.2 Å². The lowest BCUT2D eigenvalue weighted by Gasteiger charge is -2.27. The molecule has 0 N–H and O–H groups in total. The van der Waals surface area contributed by atoms with E-state index in [2.05, 4.69) is 15.9 Å². The van der Waals surface area contributed by atoms with Gasteiger partial charge in [-0.15, -0.1) is 0 Å². The van der Waals surface area contributed by atoms with E-state index in [1.807, 2.05) is 0 Å². The van der Waals surface area contributed by atoms with E-state index in [-0.39, 0.29) is 23.6 Å². The van der Waals surface area contributed by atoms with Gasteiger partial charge in [-0.3, -0.25) is 4.79 Å². The number of nitrogens with zero attached hydrogens (tertiary/aromatic N) is 1. The molecule has 0 heterocycles. The van der Waals surface area contributed by atoms with Crippen LogP contribution in [0.3, 0.4) is 0 Å². The second-order valence-electron chi connectivity index (χ2n) is 5.08. The van der Waals surface area contributed by atoms with Crippen molar-refractivity contribution in [2.24, 2.45) is 0 Å². The van der Waals surface area contributed by atoms with Crippen molar-refractivity contribution in [3.05, 3.63) is 64.7 Å². The van der Waals surface area contributed by atoms with Crippen LogP contribution in [-0.2, 0) is 0 Å². The van der Waals surface area contributed by atoms with E-state index >= 15 is 0 Å². The summed E-state index contributed by atoms with van der Waals surface area (Å²) in [7, 11) is 0. The maximum absolute atomic E-state index is 12.9. The minimum atomic E-state index is -4.38. The maximum Gasteiger partial charge on any atom is 0.405 e. The molecule has 0 spiro atoms. The Kier molecular flexibility index (Phi) is 6.29. The van der Waals surface area contributed by atoms with Gasteiger partial charge in [0.2, 0.25) is 0 Å². The van der Waals surface area contributed by atoms with E-state index in [1.165, 1.54) is 18.2 Å². The number of hydrogen-bond donors (Lipinski definition) is 0. The lowest BCUT2D eigenvalue weighted by Crippen LogP contribution is -2.36. The van der Waals surface area contributed by atoms with Crippen LogP contribution in [0.1, 0.15) is 15.9 Å². The van der Waals surface area contributed by atoms with Gasteiger partial charge in [-0.2, -0.15) is 13.2 Å². The van der Waals surface area contributed by atoms with Gasteiger partial charge in [0.25, 0.3) is 0 Å². The molecule has 0 amide bonds. The topological polar surface area (TPSA) is 20.3 Å². The number of benzene rings is 2. The Bertz CT molecular complexity index is 707. The van der Waals surface area contributed by atoms with Gasteiger partial charge in [0.1, 0.15) is 6.54 Å². The Morgan fingerprint density at radius 1 is 1.12 bits per heavy atom. The molecule has 0 aliphatic rings.